The molecule has 0 aromatic heterocycles. The third-order valence-electron chi connectivity index (χ3n) is 0.932. The Bertz CT molecular complexity index is 175. The molecule has 0 unspecified atom stereocenters. The van der Waals surface area contributed by atoms with Crippen molar-refractivity contribution in [3.05, 3.63) is 35.0 Å². The van der Waals surface area contributed by atoms with Crippen LogP contribution in [0.1, 0.15) is 6.42 Å². The van der Waals surface area contributed by atoms with Crippen LogP contribution in [0.5, 0.6) is 0 Å². The van der Waals surface area contributed by atoms with E-state index >= 15 is 0 Å². The van der Waals surface area contributed by atoms with Gasteiger partial charge in [0.1, 0.15) is 0 Å². The summed E-state index contributed by atoms with van der Waals surface area (Å²) in [5.41, 5.74) is 7.97. The molecule has 1 rings (SSSR count). The average molecular weight is 122 g/mol. The quantitative estimate of drug-likeness (QED) is 0.298. The van der Waals surface area contributed by atoms with Crippen molar-refractivity contribution in [1.29, 1.82) is 0 Å². The molecule has 0 radical (unpaired) electrons. The van der Waals surface area contributed by atoms with E-state index in [9.17, 15) is 0 Å². The lowest BCUT2D eigenvalue weighted by Gasteiger charge is -2.02. The zero-order chi connectivity index (χ0) is 6.53. The Labute approximate surface area is 52.7 Å². The SMILES string of the molecule is [N-]=[N+]=NN1C=CCC=C1. The molecule has 0 N–H and O–H groups in total. The Balaban J connectivity index is 2.59. The van der Waals surface area contributed by atoms with E-state index in [1.165, 1.54) is 5.01 Å². The molecule has 0 fully saturated rings. The molecule has 0 aromatic rings. The summed E-state index contributed by atoms with van der Waals surface area (Å²) in [7, 11) is 0. The third kappa shape index (κ3) is 1.51. The lowest BCUT2D eigenvalue weighted by molar-refractivity contribution is 0.526. The summed E-state index contributed by atoms with van der Waals surface area (Å²) in [5.74, 6) is 0. The normalized spacial score (nSPS) is 15.3. The molecule has 0 spiro atoms. The predicted octanol–water partition coefficient (Wildman–Crippen LogP) is 1.94. The van der Waals surface area contributed by atoms with Crippen LogP contribution in [-0.4, -0.2) is 5.01 Å². The van der Waals surface area contributed by atoms with E-state index in [1.807, 2.05) is 12.2 Å². The van der Waals surface area contributed by atoms with Gasteiger partial charge in [-0.1, -0.05) is 0 Å². The van der Waals surface area contributed by atoms with Crippen molar-refractivity contribution in [2.75, 3.05) is 0 Å². The van der Waals surface area contributed by atoms with Gasteiger partial charge in [0.2, 0.25) is 0 Å². The predicted molar refractivity (Wildman–Crippen MR) is 33.9 cm³/mol. The first-order valence-corrected chi connectivity index (χ1v) is 2.60. The fourth-order valence-corrected chi connectivity index (χ4v) is 0.572. The van der Waals surface area contributed by atoms with Gasteiger partial charge in [-0.15, -0.1) is 5.53 Å². The molecular weight excluding hydrogens is 116 g/mol. The maximum Gasteiger partial charge on any atom is 0.0955 e. The average Bonchev–Trinajstić information content (AvgIpc) is 1.91. The van der Waals surface area contributed by atoms with Crippen LogP contribution in [0.3, 0.4) is 0 Å². The van der Waals surface area contributed by atoms with Gasteiger partial charge in [-0.25, -0.2) is 0 Å². The zero-order valence-electron chi connectivity index (χ0n) is 4.81. The van der Waals surface area contributed by atoms with Crippen molar-refractivity contribution in [2.45, 2.75) is 6.42 Å². The minimum atomic E-state index is 0.914. The summed E-state index contributed by atoms with van der Waals surface area (Å²) in [4.78, 5) is 2.61. The number of allylic oxidation sites excluding steroid dienone is 2. The summed E-state index contributed by atoms with van der Waals surface area (Å²) < 4.78 is 0. The van der Waals surface area contributed by atoms with E-state index < -0.39 is 0 Å². The van der Waals surface area contributed by atoms with Crippen LogP contribution in [0.15, 0.2) is 29.8 Å². The summed E-state index contributed by atoms with van der Waals surface area (Å²) in [5, 5.41) is 4.74. The first kappa shape index (κ1) is 5.72. The number of hydrogen-bond donors (Lipinski definition) is 0. The van der Waals surface area contributed by atoms with Crippen LogP contribution in [-0.2, 0) is 0 Å². The van der Waals surface area contributed by atoms with Crippen LogP contribution in [0.25, 0.3) is 10.4 Å². The van der Waals surface area contributed by atoms with Gasteiger partial charge in [0.15, 0.2) is 0 Å². The minimum absolute atomic E-state index is 0.914. The van der Waals surface area contributed by atoms with Gasteiger partial charge in [0, 0.05) is 0 Å². The fourth-order valence-electron chi connectivity index (χ4n) is 0.572. The van der Waals surface area contributed by atoms with Crippen LogP contribution in [0.2, 0.25) is 0 Å². The van der Waals surface area contributed by atoms with Gasteiger partial charge in [0.05, 0.1) is 12.4 Å². The van der Waals surface area contributed by atoms with E-state index in [2.05, 4.69) is 10.1 Å². The monoisotopic (exact) mass is 122 g/mol. The summed E-state index contributed by atoms with van der Waals surface area (Å²) in [6, 6.07) is 0. The van der Waals surface area contributed by atoms with E-state index in [-0.39, 0.29) is 0 Å². The molecule has 0 aromatic carbocycles. The molecule has 1 aliphatic rings. The third-order valence-corrected chi connectivity index (χ3v) is 0.932. The molecule has 1 heterocycles. The first-order chi connectivity index (χ1) is 4.43. The molecule has 4 nitrogen and oxygen atoms in total. The molecule has 0 saturated carbocycles. The van der Waals surface area contributed by atoms with Crippen LogP contribution in [0, 0.1) is 0 Å². The highest BCUT2D eigenvalue weighted by Gasteiger charge is 1.94. The van der Waals surface area contributed by atoms with Gasteiger partial charge < -0.3 is 0 Å². The maximum absolute atomic E-state index is 7.97. The number of hydrogen-bond acceptors (Lipinski definition) is 1. The molecule has 0 amide bonds. The molecule has 0 bridgehead atoms. The van der Waals surface area contributed by atoms with Crippen molar-refractivity contribution in [3.8, 4) is 0 Å². The highest BCUT2D eigenvalue weighted by molar-refractivity contribution is 5.00. The van der Waals surface area contributed by atoms with Crippen LogP contribution in [0.4, 0.5) is 0 Å². The van der Waals surface area contributed by atoms with Gasteiger partial charge in [0.25, 0.3) is 0 Å². The second kappa shape index (κ2) is 2.79. The lowest BCUT2D eigenvalue weighted by Crippen LogP contribution is -1.99. The second-order valence-electron chi connectivity index (χ2n) is 1.56. The molecule has 4 heteroatoms. The van der Waals surface area contributed by atoms with Crippen molar-refractivity contribution in [1.82, 2.24) is 5.01 Å². The standard InChI is InChI=1S/C5H6N4/c6-7-8-9-4-2-1-3-5-9/h2-5H,1H2. The van der Waals surface area contributed by atoms with E-state index in [4.69, 9.17) is 5.53 Å². The Morgan fingerprint density at radius 1 is 1.44 bits per heavy atom. The van der Waals surface area contributed by atoms with Crippen molar-refractivity contribution >= 4 is 0 Å². The largest absolute Gasteiger partial charge is 0.193 e. The van der Waals surface area contributed by atoms with Crippen molar-refractivity contribution in [3.63, 3.8) is 0 Å². The maximum atomic E-state index is 7.97. The van der Waals surface area contributed by atoms with Crippen LogP contribution < -0.4 is 0 Å². The van der Waals surface area contributed by atoms with Crippen molar-refractivity contribution in [2.24, 2.45) is 5.22 Å². The number of azide groups is 1. The van der Waals surface area contributed by atoms with Crippen molar-refractivity contribution < 1.29 is 0 Å². The zero-order valence-corrected chi connectivity index (χ0v) is 4.81. The molecule has 0 aliphatic carbocycles. The van der Waals surface area contributed by atoms with Gasteiger partial charge in [-0.3, -0.25) is 0 Å². The Morgan fingerprint density at radius 2 is 2.11 bits per heavy atom. The molecule has 9 heavy (non-hydrogen) atoms. The highest BCUT2D eigenvalue weighted by Crippen LogP contribution is 2.01. The summed E-state index contributed by atoms with van der Waals surface area (Å²) >= 11 is 0. The number of nitrogens with zero attached hydrogens (tertiary/aromatic N) is 4. The Hall–Kier alpha value is -1.41. The summed E-state index contributed by atoms with van der Waals surface area (Å²) in [6.07, 6.45) is 8.18. The smallest absolute Gasteiger partial charge is 0.0955 e. The first-order valence-electron chi connectivity index (χ1n) is 2.60. The van der Waals surface area contributed by atoms with Gasteiger partial charge in [-0.2, -0.15) is 9.92 Å². The lowest BCUT2D eigenvalue weighted by atomic mass is 10.3. The molecule has 1 aliphatic heterocycles. The molecule has 0 atom stereocenters. The van der Waals surface area contributed by atoms with Gasteiger partial charge >= 0.3 is 0 Å². The number of rotatable bonds is 1. The van der Waals surface area contributed by atoms with Gasteiger partial charge in [-0.05, 0) is 23.8 Å². The Kier molecular flexibility index (Phi) is 1.77. The second-order valence-corrected chi connectivity index (χ2v) is 1.56. The minimum Gasteiger partial charge on any atom is -0.193 e. The fraction of sp³-hybridized carbons (Fsp3) is 0.200. The van der Waals surface area contributed by atoms with E-state index in [0.29, 0.717) is 0 Å². The topological polar surface area (TPSA) is 52.0 Å². The van der Waals surface area contributed by atoms with E-state index in [0.717, 1.165) is 6.42 Å². The highest BCUT2D eigenvalue weighted by atomic mass is 15.5. The summed E-state index contributed by atoms with van der Waals surface area (Å²) in [6.45, 7) is 0. The van der Waals surface area contributed by atoms with E-state index in [1.54, 1.807) is 12.4 Å². The van der Waals surface area contributed by atoms with Crippen LogP contribution >= 0.6 is 0 Å². The Morgan fingerprint density at radius 3 is 2.67 bits per heavy atom. The molecule has 0 saturated heterocycles. The molecule has 46 valence electrons. The molecular formula is C5H6N4.